The van der Waals surface area contributed by atoms with E-state index in [1.807, 2.05) is 93.0 Å². The average Bonchev–Trinajstić information content (AvgIpc) is 3.66. The summed E-state index contributed by atoms with van der Waals surface area (Å²) in [5.74, 6) is 3.84. The van der Waals surface area contributed by atoms with Gasteiger partial charge in [0.05, 0.1) is 11.8 Å². The number of nitrogens with one attached hydrogen (secondary N) is 1. The molecular formula is C51H46Cl3N3O6. The summed E-state index contributed by atoms with van der Waals surface area (Å²) in [6, 6.07) is 40.5. The number of fused-ring (bicyclic) bond motifs is 12. The van der Waals surface area contributed by atoms with Crippen molar-refractivity contribution < 1.29 is 28.9 Å². The maximum absolute atomic E-state index is 12.6. The molecule has 0 saturated carbocycles. The molecule has 5 aliphatic heterocycles. The Bertz CT molecular complexity index is 2710. The lowest BCUT2D eigenvalue weighted by Gasteiger charge is -2.23. The number of carbonyl (C=O) groups is 2. The van der Waals surface area contributed by atoms with Gasteiger partial charge in [0.1, 0.15) is 34.5 Å². The van der Waals surface area contributed by atoms with E-state index in [1.54, 1.807) is 29.2 Å². The summed E-state index contributed by atoms with van der Waals surface area (Å²) in [7, 11) is 5.85. The van der Waals surface area contributed by atoms with E-state index >= 15 is 0 Å². The SMILES string of the molecule is CN1CC2c3ccccc3Oc3ccc(Cl)cc3[C@@H]2C1.CN1CC2c3ccccc3Oc3ccc(Cl)cc3[C@@H]2C1=O.CNC[C@H]1c2ccccc2Oc2ccc(Cl)cc2[C@@H]1C(=O)O. The summed E-state index contributed by atoms with van der Waals surface area (Å²) in [5, 5.41) is 14.8. The van der Waals surface area contributed by atoms with Crippen LogP contribution < -0.4 is 19.5 Å². The van der Waals surface area contributed by atoms with Crippen LogP contribution in [0, 0.1) is 0 Å². The fourth-order valence-corrected chi connectivity index (χ4v) is 10.5. The fraction of sp³-hybridized carbons (Fsp3) is 0.255. The lowest BCUT2D eigenvalue weighted by molar-refractivity contribution is -0.139. The highest BCUT2D eigenvalue weighted by Gasteiger charge is 2.45. The molecule has 2 N–H and O–H groups in total. The number of hydrogen-bond donors (Lipinski definition) is 2. The highest BCUT2D eigenvalue weighted by molar-refractivity contribution is 6.31. The van der Waals surface area contributed by atoms with Crippen molar-refractivity contribution in [3.63, 3.8) is 0 Å². The Morgan fingerprint density at radius 1 is 0.587 bits per heavy atom. The number of nitrogens with zero attached hydrogens (tertiary/aromatic N) is 2. The molecule has 63 heavy (non-hydrogen) atoms. The van der Waals surface area contributed by atoms with Gasteiger partial charge in [-0.25, -0.2) is 0 Å². The molecule has 6 aromatic carbocycles. The van der Waals surface area contributed by atoms with E-state index in [1.165, 1.54) is 11.1 Å². The molecular weight excluding hydrogens is 857 g/mol. The van der Waals surface area contributed by atoms with Gasteiger partial charge in [-0.15, -0.1) is 0 Å². The molecule has 9 nitrogen and oxygen atoms in total. The third-order valence-electron chi connectivity index (χ3n) is 12.7. The number of amides is 1. The summed E-state index contributed by atoms with van der Waals surface area (Å²) in [4.78, 5) is 28.7. The molecule has 5 aliphatic rings. The lowest BCUT2D eigenvalue weighted by atomic mass is 9.81. The molecule has 2 unspecified atom stereocenters. The Labute approximate surface area is 382 Å². The molecule has 6 atom stereocenters. The largest absolute Gasteiger partial charge is 0.481 e. The van der Waals surface area contributed by atoms with Crippen molar-refractivity contribution in [3.05, 3.63) is 176 Å². The van der Waals surface area contributed by atoms with E-state index in [9.17, 15) is 14.7 Å². The molecule has 12 heteroatoms. The zero-order valence-corrected chi connectivity index (χ0v) is 37.2. The van der Waals surface area contributed by atoms with Crippen LogP contribution in [0.1, 0.15) is 68.9 Å². The molecule has 2 saturated heterocycles. The molecule has 0 spiro atoms. The van der Waals surface area contributed by atoms with Gasteiger partial charge in [0.25, 0.3) is 0 Å². The van der Waals surface area contributed by atoms with Crippen LogP contribution in [0.25, 0.3) is 0 Å². The first-order valence-corrected chi connectivity index (χ1v) is 22.1. The predicted molar refractivity (Wildman–Crippen MR) is 247 cm³/mol. The first-order chi connectivity index (χ1) is 30.5. The van der Waals surface area contributed by atoms with Crippen LogP contribution in [0.3, 0.4) is 0 Å². The number of ether oxygens (including phenoxy) is 3. The average molecular weight is 903 g/mol. The van der Waals surface area contributed by atoms with Crippen LogP contribution >= 0.6 is 34.8 Å². The summed E-state index contributed by atoms with van der Waals surface area (Å²) < 4.78 is 18.2. The van der Waals surface area contributed by atoms with Crippen molar-refractivity contribution in [2.75, 3.05) is 47.3 Å². The third kappa shape index (κ3) is 8.36. The molecule has 0 bridgehead atoms. The van der Waals surface area contributed by atoms with Gasteiger partial charge in [-0.3, -0.25) is 9.59 Å². The normalized spacial score (nSPS) is 22.2. The number of rotatable bonds is 3. The highest BCUT2D eigenvalue weighted by atomic mass is 35.5. The van der Waals surface area contributed by atoms with Crippen LogP contribution in [0.4, 0.5) is 0 Å². The van der Waals surface area contributed by atoms with E-state index in [2.05, 4.69) is 41.5 Å². The van der Waals surface area contributed by atoms with E-state index in [-0.39, 0.29) is 23.7 Å². The molecule has 1 amide bonds. The molecule has 0 aromatic heterocycles. The van der Waals surface area contributed by atoms with Crippen molar-refractivity contribution in [2.24, 2.45) is 0 Å². The van der Waals surface area contributed by atoms with E-state index in [4.69, 9.17) is 49.0 Å². The number of carboxylic acid groups (broad SMARTS) is 1. The Morgan fingerprint density at radius 3 is 1.57 bits per heavy atom. The lowest BCUT2D eigenvalue weighted by Crippen LogP contribution is -2.27. The summed E-state index contributed by atoms with van der Waals surface area (Å²) in [5.41, 5.74) is 6.02. The van der Waals surface area contributed by atoms with Crippen LogP contribution in [-0.4, -0.2) is 74.1 Å². The van der Waals surface area contributed by atoms with Gasteiger partial charge in [-0.1, -0.05) is 89.4 Å². The van der Waals surface area contributed by atoms with Crippen LogP contribution in [0.2, 0.25) is 15.1 Å². The van der Waals surface area contributed by atoms with Gasteiger partial charge in [-0.05, 0) is 92.5 Å². The van der Waals surface area contributed by atoms with Crippen molar-refractivity contribution in [3.8, 4) is 34.5 Å². The maximum Gasteiger partial charge on any atom is 0.311 e. The summed E-state index contributed by atoms with van der Waals surface area (Å²) in [6.45, 7) is 3.35. The Hall–Kier alpha value is -5.55. The number of carbonyl (C=O) groups excluding carboxylic acids is 1. The predicted octanol–water partition coefficient (Wildman–Crippen LogP) is 11.7. The molecule has 11 rings (SSSR count). The van der Waals surface area contributed by atoms with Gasteiger partial charge >= 0.3 is 5.97 Å². The topological polar surface area (TPSA) is 101 Å². The number of carboxylic acids is 1. The van der Waals surface area contributed by atoms with Crippen molar-refractivity contribution >= 4 is 46.7 Å². The van der Waals surface area contributed by atoms with Crippen molar-refractivity contribution in [1.29, 1.82) is 0 Å². The minimum Gasteiger partial charge on any atom is -0.481 e. The molecule has 2 fully saturated rings. The number of benzene rings is 6. The first kappa shape index (κ1) is 42.7. The van der Waals surface area contributed by atoms with Gasteiger partial charge in [-0.2, -0.15) is 0 Å². The Kier molecular flexibility index (Phi) is 12.1. The van der Waals surface area contributed by atoms with Crippen LogP contribution in [0.5, 0.6) is 34.5 Å². The second-order valence-electron chi connectivity index (χ2n) is 16.7. The van der Waals surface area contributed by atoms with Crippen LogP contribution in [-0.2, 0) is 9.59 Å². The minimum absolute atomic E-state index is 0.110. The molecule has 5 heterocycles. The number of likely N-dealkylation sites (tertiary alicyclic amines) is 2. The number of halogens is 3. The number of para-hydroxylation sites is 3. The summed E-state index contributed by atoms with van der Waals surface area (Å²) >= 11 is 18.4. The molecule has 0 radical (unpaired) electrons. The Balaban J connectivity index is 0.000000120. The third-order valence-corrected chi connectivity index (χ3v) is 13.4. The zero-order chi connectivity index (χ0) is 43.9. The van der Waals surface area contributed by atoms with Gasteiger partial charge in [0.2, 0.25) is 5.91 Å². The van der Waals surface area contributed by atoms with E-state index < -0.39 is 11.9 Å². The number of aliphatic carboxylic acids is 1. The molecule has 6 aromatic rings. The first-order valence-electron chi connectivity index (χ1n) is 21.0. The Morgan fingerprint density at radius 2 is 1.02 bits per heavy atom. The molecule has 322 valence electrons. The second-order valence-corrected chi connectivity index (χ2v) is 18.0. The quantitative estimate of drug-likeness (QED) is 0.181. The van der Waals surface area contributed by atoms with E-state index in [0.29, 0.717) is 52.0 Å². The smallest absolute Gasteiger partial charge is 0.311 e. The van der Waals surface area contributed by atoms with Gasteiger partial charge in [0.15, 0.2) is 0 Å². The number of hydrogen-bond acceptors (Lipinski definition) is 7. The standard InChI is InChI=1S/C17H16ClNO3.C17H14ClNO2.C17H16ClNO/c1-19-9-13-11-4-2-3-5-14(11)22-15-7-6-10(18)8-12(15)16(13)17(20)21;1-19-9-13-11-4-2-3-5-14(11)21-15-7-6-10(18)8-12(15)16(13)17(19)20;1-19-9-14-12-4-2-3-5-16(12)20-17-7-6-11(18)8-13(17)15(14)10-19/h2-8,13,16,19H,9H2,1H3,(H,20,21);2-8,13,16H,9H2,1H3;2-8,14-15H,9-10H2,1H3/t13-,16-;13?,16-;14?,15-/m000/s1. The summed E-state index contributed by atoms with van der Waals surface area (Å²) in [6.07, 6.45) is 0. The van der Waals surface area contributed by atoms with Crippen LogP contribution in [0.15, 0.2) is 127 Å². The van der Waals surface area contributed by atoms with Crippen molar-refractivity contribution in [2.45, 2.75) is 35.5 Å². The fourth-order valence-electron chi connectivity index (χ4n) is 9.91. The monoisotopic (exact) mass is 901 g/mol. The zero-order valence-electron chi connectivity index (χ0n) is 34.9. The minimum atomic E-state index is -0.885. The molecule has 0 aliphatic carbocycles. The van der Waals surface area contributed by atoms with Gasteiger partial charge in [0, 0.05) is 99.8 Å². The van der Waals surface area contributed by atoms with Crippen molar-refractivity contribution in [1.82, 2.24) is 15.1 Å². The number of likely N-dealkylation sites (N-methyl/N-ethyl adjacent to an activating group) is 3. The van der Waals surface area contributed by atoms with Gasteiger partial charge < -0.3 is 34.4 Å². The highest BCUT2D eigenvalue weighted by Crippen LogP contribution is 2.52. The van der Waals surface area contributed by atoms with E-state index in [0.717, 1.165) is 57.8 Å². The second kappa shape index (κ2) is 17.9. The maximum atomic E-state index is 12.6.